The van der Waals surface area contributed by atoms with Crippen molar-refractivity contribution in [2.45, 2.75) is 29.5 Å². The van der Waals surface area contributed by atoms with E-state index in [2.05, 4.69) is 21.7 Å². The monoisotopic (exact) mass is 406 g/mol. The van der Waals surface area contributed by atoms with Crippen LogP contribution in [-0.2, 0) is 13.0 Å². The Balaban J connectivity index is 1.73. The Morgan fingerprint density at radius 3 is 2.65 bits per heavy atom. The molecule has 0 aliphatic heterocycles. The first-order chi connectivity index (χ1) is 12.6. The summed E-state index contributed by atoms with van der Waals surface area (Å²) in [4.78, 5) is 5.18. The summed E-state index contributed by atoms with van der Waals surface area (Å²) in [6.07, 6.45) is 7.63. The summed E-state index contributed by atoms with van der Waals surface area (Å²) in [7, 11) is 1.67. The first-order valence-corrected chi connectivity index (χ1v) is 9.98. The largest absolute Gasteiger partial charge is 0.497 e. The number of aromatic nitrogens is 2. The lowest BCUT2D eigenvalue weighted by Gasteiger charge is -2.18. The quantitative estimate of drug-likeness (QED) is 0.429. The molecule has 0 fully saturated rings. The Morgan fingerprint density at radius 2 is 1.96 bits per heavy atom. The zero-order valence-corrected chi connectivity index (χ0v) is 16.8. The van der Waals surface area contributed by atoms with E-state index in [1.54, 1.807) is 25.1 Å². The number of nitrogens with zero attached hydrogens (tertiary/aromatic N) is 2. The molecule has 6 heteroatoms. The Hall–Kier alpha value is -1.62. The van der Waals surface area contributed by atoms with Crippen LogP contribution in [0.4, 0.5) is 0 Å². The summed E-state index contributed by atoms with van der Waals surface area (Å²) in [5.74, 6) is 0.816. The van der Waals surface area contributed by atoms with E-state index in [0.29, 0.717) is 5.25 Å². The van der Waals surface area contributed by atoms with Crippen molar-refractivity contribution >= 4 is 35.0 Å². The molecule has 1 atom stereocenters. The molecule has 3 aromatic rings. The van der Waals surface area contributed by atoms with Crippen LogP contribution in [0.3, 0.4) is 0 Å². The van der Waals surface area contributed by atoms with Crippen LogP contribution in [-0.4, -0.2) is 21.9 Å². The maximum atomic E-state index is 6.40. The number of imidazole rings is 1. The van der Waals surface area contributed by atoms with Gasteiger partial charge in [0.15, 0.2) is 0 Å². The van der Waals surface area contributed by atoms with Crippen LogP contribution in [0.5, 0.6) is 5.75 Å². The minimum Gasteiger partial charge on any atom is -0.497 e. The van der Waals surface area contributed by atoms with E-state index in [1.807, 2.05) is 42.9 Å². The first-order valence-electron chi connectivity index (χ1n) is 8.34. The second kappa shape index (κ2) is 9.36. The van der Waals surface area contributed by atoms with Crippen LogP contribution in [0.2, 0.25) is 10.0 Å². The number of benzene rings is 2. The summed E-state index contributed by atoms with van der Waals surface area (Å²) < 4.78 is 7.44. The van der Waals surface area contributed by atoms with Crippen LogP contribution in [0.1, 0.15) is 12.0 Å². The first kappa shape index (κ1) is 19.2. The number of thioether (sulfide) groups is 1. The van der Waals surface area contributed by atoms with Crippen molar-refractivity contribution in [1.82, 2.24) is 9.55 Å². The van der Waals surface area contributed by atoms with Crippen molar-refractivity contribution in [3.63, 3.8) is 0 Å². The molecule has 1 aromatic heterocycles. The predicted octanol–water partition coefficient (Wildman–Crippen LogP) is 5.99. The third-order valence-corrected chi connectivity index (χ3v) is 6.08. The third-order valence-electron chi connectivity index (χ3n) is 4.07. The van der Waals surface area contributed by atoms with Crippen molar-refractivity contribution in [2.24, 2.45) is 0 Å². The normalized spacial score (nSPS) is 12.1. The zero-order chi connectivity index (χ0) is 18.4. The molecule has 0 bridgehead atoms. The molecule has 2 aromatic carbocycles. The minimum atomic E-state index is 0.351. The van der Waals surface area contributed by atoms with Gasteiger partial charge in [-0.05, 0) is 48.7 Å². The average Bonchev–Trinajstić information content (AvgIpc) is 3.16. The number of methoxy groups -OCH3 is 1. The molecule has 0 spiro atoms. The molecule has 0 amide bonds. The number of ether oxygens (including phenoxy) is 1. The molecule has 0 aliphatic rings. The Bertz CT molecular complexity index is 822. The number of hydrogen-bond donors (Lipinski definition) is 0. The fourth-order valence-corrected chi connectivity index (χ4v) is 4.26. The molecular weight excluding hydrogens is 387 g/mol. The van der Waals surface area contributed by atoms with Crippen LogP contribution in [0.25, 0.3) is 0 Å². The van der Waals surface area contributed by atoms with E-state index in [9.17, 15) is 0 Å². The molecule has 0 radical (unpaired) electrons. The highest BCUT2D eigenvalue weighted by Gasteiger charge is 2.15. The zero-order valence-electron chi connectivity index (χ0n) is 14.4. The number of rotatable bonds is 8. The van der Waals surface area contributed by atoms with Crippen LogP contribution in [0, 0.1) is 0 Å². The van der Waals surface area contributed by atoms with Gasteiger partial charge in [0.25, 0.3) is 0 Å². The molecule has 1 heterocycles. The molecule has 136 valence electrons. The minimum absolute atomic E-state index is 0.351. The second-order valence-corrected chi connectivity index (χ2v) is 8.15. The average molecular weight is 407 g/mol. The highest BCUT2D eigenvalue weighted by molar-refractivity contribution is 8.00. The van der Waals surface area contributed by atoms with Gasteiger partial charge in [0.1, 0.15) is 5.75 Å². The van der Waals surface area contributed by atoms with E-state index < -0.39 is 0 Å². The second-order valence-electron chi connectivity index (χ2n) is 5.96. The fraction of sp³-hybridized carbons (Fsp3) is 0.250. The molecule has 0 N–H and O–H groups in total. The molecule has 26 heavy (non-hydrogen) atoms. The van der Waals surface area contributed by atoms with Gasteiger partial charge >= 0.3 is 0 Å². The number of hydrogen-bond acceptors (Lipinski definition) is 3. The molecule has 3 nitrogen and oxygen atoms in total. The SMILES string of the molecule is COc1ccc(Cl)c(SC(CCc2ccc(Cl)cc2)Cn2ccnc2)c1. The maximum Gasteiger partial charge on any atom is 0.120 e. The topological polar surface area (TPSA) is 27.1 Å². The van der Waals surface area contributed by atoms with Gasteiger partial charge in [-0.1, -0.05) is 35.3 Å². The third kappa shape index (κ3) is 5.44. The summed E-state index contributed by atoms with van der Waals surface area (Å²) in [5, 5.41) is 1.86. The van der Waals surface area contributed by atoms with Gasteiger partial charge in [0.2, 0.25) is 0 Å². The summed E-state index contributed by atoms with van der Waals surface area (Å²) in [6, 6.07) is 13.8. The molecule has 3 rings (SSSR count). The van der Waals surface area contributed by atoms with Crippen molar-refractivity contribution in [2.75, 3.05) is 7.11 Å². The van der Waals surface area contributed by atoms with Crippen LogP contribution in [0.15, 0.2) is 66.1 Å². The van der Waals surface area contributed by atoms with Gasteiger partial charge in [0, 0.05) is 34.1 Å². The lowest BCUT2D eigenvalue weighted by atomic mass is 10.1. The van der Waals surface area contributed by atoms with E-state index in [0.717, 1.165) is 40.1 Å². The van der Waals surface area contributed by atoms with Crippen molar-refractivity contribution in [1.29, 1.82) is 0 Å². The summed E-state index contributed by atoms with van der Waals surface area (Å²) in [5.41, 5.74) is 1.28. The smallest absolute Gasteiger partial charge is 0.120 e. The lowest BCUT2D eigenvalue weighted by Crippen LogP contribution is -2.13. The fourth-order valence-electron chi connectivity index (χ4n) is 2.68. The van der Waals surface area contributed by atoms with E-state index >= 15 is 0 Å². The van der Waals surface area contributed by atoms with E-state index in [4.69, 9.17) is 27.9 Å². The van der Waals surface area contributed by atoms with Crippen molar-refractivity contribution in [3.05, 3.63) is 76.8 Å². The summed E-state index contributed by atoms with van der Waals surface area (Å²) >= 11 is 14.2. The van der Waals surface area contributed by atoms with Crippen molar-refractivity contribution in [3.8, 4) is 5.75 Å². The molecule has 0 saturated carbocycles. The van der Waals surface area contributed by atoms with Crippen LogP contribution >= 0.6 is 35.0 Å². The van der Waals surface area contributed by atoms with Gasteiger partial charge in [-0.3, -0.25) is 0 Å². The van der Waals surface area contributed by atoms with Gasteiger partial charge in [-0.2, -0.15) is 0 Å². The Morgan fingerprint density at radius 1 is 1.15 bits per heavy atom. The Kier molecular flexibility index (Phi) is 6.89. The number of halogens is 2. The lowest BCUT2D eigenvalue weighted by molar-refractivity contribution is 0.413. The van der Waals surface area contributed by atoms with Crippen LogP contribution < -0.4 is 4.74 Å². The highest BCUT2D eigenvalue weighted by Crippen LogP contribution is 2.35. The summed E-state index contributed by atoms with van der Waals surface area (Å²) in [6.45, 7) is 0.867. The van der Waals surface area contributed by atoms with Gasteiger partial charge in [-0.15, -0.1) is 11.8 Å². The Labute approximate surface area is 168 Å². The highest BCUT2D eigenvalue weighted by atomic mass is 35.5. The molecule has 0 aliphatic carbocycles. The molecule has 0 saturated heterocycles. The van der Waals surface area contributed by atoms with Gasteiger partial charge in [-0.25, -0.2) is 4.98 Å². The predicted molar refractivity (Wildman–Crippen MR) is 110 cm³/mol. The maximum absolute atomic E-state index is 6.40. The van der Waals surface area contributed by atoms with E-state index in [1.165, 1.54) is 5.56 Å². The van der Waals surface area contributed by atoms with Gasteiger partial charge < -0.3 is 9.30 Å². The standard InChI is InChI=1S/C20H20Cl2N2OS/c1-25-17-7-9-19(22)20(12-17)26-18(13-24-11-10-23-14-24)8-4-15-2-5-16(21)6-3-15/h2-3,5-7,9-12,14,18H,4,8,13H2,1H3. The molecular formula is C20H20Cl2N2OS. The number of aryl methyl sites for hydroxylation is 1. The van der Waals surface area contributed by atoms with Gasteiger partial charge in [0.05, 0.1) is 18.5 Å². The molecule has 1 unspecified atom stereocenters. The van der Waals surface area contributed by atoms with E-state index in [-0.39, 0.29) is 0 Å². The van der Waals surface area contributed by atoms with Crippen molar-refractivity contribution < 1.29 is 4.74 Å².